The van der Waals surface area contributed by atoms with Gasteiger partial charge in [-0.1, -0.05) is 13.8 Å². The summed E-state index contributed by atoms with van der Waals surface area (Å²) in [6, 6.07) is 0.286. The molecule has 1 amide bonds. The first-order valence-corrected chi connectivity index (χ1v) is 5.72. The highest BCUT2D eigenvalue weighted by atomic mass is 16.2. The minimum atomic E-state index is 0.0220. The number of imidazole rings is 1. The largest absolute Gasteiger partial charge is 0.415 e. The number of carbonyl (C=O) groups excluding carboxylic acids is 1. The van der Waals surface area contributed by atoms with Crippen molar-refractivity contribution in [2.75, 3.05) is 7.05 Å². The second-order valence-corrected chi connectivity index (χ2v) is 4.86. The number of hydrogen-bond acceptors (Lipinski definition) is 1. The average Bonchev–Trinajstić information content (AvgIpc) is 2.61. The number of hydrogen-bond donors (Lipinski definition) is 0. The third-order valence-corrected chi connectivity index (χ3v) is 2.77. The van der Waals surface area contributed by atoms with Gasteiger partial charge in [-0.05, 0) is 19.3 Å². The lowest BCUT2D eigenvalue weighted by molar-refractivity contribution is -0.670. The summed E-state index contributed by atoms with van der Waals surface area (Å²) in [7, 11) is 3.76. The molecule has 16 heavy (non-hydrogen) atoms. The fourth-order valence-corrected chi connectivity index (χ4v) is 1.77. The lowest BCUT2D eigenvalue weighted by Gasteiger charge is -2.23. The Balaban J connectivity index is 2.67. The molecule has 1 unspecified atom stereocenters. The fourth-order valence-electron chi connectivity index (χ4n) is 1.77. The van der Waals surface area contributed by atoms with Crippen molar-refractivity contribution in [1.29, 1.82) is 0 Å². The normalized spacial score (nSPS) is 12.9. The molecule has 4 heteroatoms. The van der Waals surface area contributed by atoms with E-state index in [4.69, 9.17) is 0 Å². The van der Waals surface area contributed by atoms with Crippen LogP contribution in [0.4, 0.5) is 4.79 Å². The summed E-state index contributed by atoms with van der Waals surface area (Å²) in [5.41, 5.74) is 0. The zero-order valence-electron chi connectivity index (χ0n) is 10.8. The van der Waals surface area contributed by atoms with Crippen LogP contribution in [0, 0.1) is 5.92 Å². The number of amides is 1. The summed E-state index contributed by atoms with van der Waals surface area (Å²) in [6.07, 6.45) is 6.44. The van der Waals surface area contributed by atoms with Gasteiger partial charge in [-0.2, -0.15) is 4.57 Å². The molecule has 4 nitrogen and oxygen atoms in total. The molecule has 1 heterocycles. The number of rotatable bonds is 3. The molecular weight excluding hydrogens is 202 g/mol. The number of aryl methyl sites for hydroxylation is 1. The molecule has 1 atom stereocenters. The molecule has 0 bridgehead atoms. The zero-order chi connectivity index (χ0) is 12.3. The Bertz CT molecular complexity index is 357. The van der Waals surface area contributed by atoms with E-state index in [9.17, 15) is 4.79 Å². The first-order valence-electron chi connectivity index (χ1n) is 5.72. The van der Waals surface area contributed by atoms with Crippen LogP contribution in [0.5, 0.6) is 0 Å². The molecule has 0 aliphatic heterocycles. The Labute approximate surface area is 97.5 Å². The Kier molecular flexibility index (Phi) is 4.10. The molecule has 1 aromatic heterocycles. The average molecular weight is 224 g/mol. The first-order chi connectivity index (χ1) is 7.41. The van der Waals surface area contributed by atoms with Crippen molar-refractivity contribution in [3.05, 3.63) is 18.7 Å². The van der Waals surface area contributed by atoms with Gasteiger partial charge in [-0.15, -0.1) is 0 Å². The third kappa shape index (κ3) is 3.08. The van der Waals surface area contributed by atoms with Crippen LogP contribution < -0.4 is 4.57 Å². The lowest BCUT2D eigenvalue weighted by atomic mass is 10.0. The van der Waals surface area contributed by atoms with Gasteiger partial charge < -0.3 is 4.90 Å². The maximum Gasteiger partial charge on any atom is 0.415 e. The maximum atomic E-state index is 12.1. The van der Waals surface area contributed by atoms with Gasteiger partial charge in [0.1, 0.15) is 12.4 Å². The molecule has 0 N–H and O–H groups in total. The molecule has 0 spiro atoms. The molecule has 0 fully saturated rings. The smallest absolute Gasteiger partial charge is 0.305 e. The van der Waals surface area contributed by atoms with Gasteiger partial charge in [-0.3, -0.25) is 0 Å². The number of aromatic nitrogens is 2. The molecular formula is C12H22N3O+. The Hall–Kier alpha value is -1.32. The maximum absolute atomic E-state index is 12.1. The van der Waals surface area contributed by atoms with Crippen molar-refractivity contribution in [2.45, 2.75) is 33.2 Å². The van der Waals surface area contributed by atoms with Crippen LogP contribution in [0.1, 0.15) is 27.2 Å². The Morgan fingerprint density at radius 2 is 2.06 bits per heavy atom. The highest BCUT2D eigenvalue weighted by Gasteiger charge is 2.22. The predicted octanol–water partition coefficient (Wildman–Crippen LogP) is 1.65. The van der Waals surface area contributed by atoms with Crippen LogP contribution >= 0.6 is 0 Å². The third-order valence-electron chi connectivity index (χ3n) is 2.77. The summed E-state index contributed by atoms with van der Waals surface area (Å²) in [4.78, 5) is 13.8. The van der Waals surface area contributed by atoms with Crippen LogP contribution in [0.15, 0.2) is 18.7 Å². The standard InChI is InChI=1S/C12H22N3O/c1-10(2)8-11(3)14(5)12(16)15-7-6-13(4)9-15/h6-7,9-11H,8H2,1-5H3/q+1. The van der Waals surface area contributed by atoms with E-state index in [-0.39, 0.29) is 12.1 Å². The summed E-state index contributed by atoms with van der Waals surface area (Å²) in [6.45, 7) is 6.43. The highest BCUT2D eigenvalue weighted by Crippen LogP contribution is 2.10. The van der Waals surface area contributed by atoms with E-state index in [1.54, 1.807) is 22.0 Å². The zero-order valence-corrected chi connectivity index (χ0v) is 10.8. The number of nitrogens with zero attached hydrogens (tertiary/aromatic N) is 3. The van der Waals surface area contributed by atoms with Gasteiger partial charge in [0.25, 0.3) is 6.33 Å². The van der Waals surface area contributed by atoms with E-state index < -0.39 is 0 Å². The molecule has 1 aromatic rings. The molecule has 1 rings (SSSR count). The van der Waals surface area contributed by atoms with E-state index >= 15 is 0 Å². The van der Waals surface area contributed by atoms with Gasteiger partial charge in [0.15, 0.2) is 0 Å². The van der Waals surface area contributed by atoms with Gasteiger partial charge in [0, 0.05) is 13.1 Å². The van der Waals surface area contributed by atoms with Crippen LogP contribution in [-0.4, -0.2) is 28.6 Å². The summed E-state index contributed by atoms with van der Waals surface area (Å²) in [5, 5.41) is 0. The van der Waals surface area contributed by atoms with Crippen molar-refractivity contribution in [1.82, 2.24) is 9.47 Å². The predicted molar refractivity (Wildman–Crippen MR) is 63.1 cm³/mol. The van der Waals surface area contributed by atoms with E-state index in [2.05, 4.69) is 20.8 Å². The van der Waals surface area contributed by atoms with Crippen LogP contribution in [-0.2, 0) is 7.05 Å². The molecule has 0 aliphatic carbocycles. The summed E-state index contributed by atoms with van der Waals surface area (Å²) < 4.78 is 3.47. The molecule has 90 valence electrons. The van der Waals surface area contributed by atoms with E-state index in [1.165, 1.54) is 0 Å². The number of carbonyl (C=O) groups is 1. The SMILES string of the molecule is CC(C)CC(C)N(C)C(=O)n1cc[n+](C)c1. The monoisotopic (exact) mass is 224 g/mol. The summed E-state index contributed by atoms with van der Waals surface area (Å²) in [5.74, 6) is 0.603. The van der Waals surface area contributed by atoms with Gasteiger partial charge in [-0.25, -0.2) is 9.36 Å². The first kappa shape index (κ1) is 12.7. The van der Waals surface area contributed by atoms with Crippen LogP contribution in [0.25, 0.3) is 0 Å². The van der Waals surface area contributed by atoms with Crippen molar-refractivity contribution in [3.8, 4) is 0 Å². The van der Waals surface area contributed by atoms with E-state index in [1.807, 2.05) is 24.9 Å². The topological polar surface area (TPSA) is 29.1 Å². The van der Waals surface area contributed by atoms with Gasteiger partial charge in [0.05, 0.1) is 7.05 Å². The highest BCUT2D eigenvalue weighted by molar-refractivity contribution is 5.76. The van der Waals surface area contributed by atoms with Gasteiger partial charge >= 0.3 is 6.03 Å². The quantitative estimate of drug-likeness (QED) is 0.718. The molecule has 0 aliphatic rings. The van der Waals surface area contributed by atoms with Gasteiger partial charge in [0.2, 0.25) is 0 Å². The minimum Gasteiger partial charge on any atom is -0.305 e. The Morgan fingerprint density at radius 3 is 2.50 bits per heavy atom. The minimum absolute atomic E-state index is 0.0220. The second-order valence-electron chi connectivity index (χ2n) is 4.86. The molecule has 0 saturated carbocycles. The molecule has 0 radical (unpaired) electrons. The molecule has 0 saturated heterocycles. The second kappa shape index (κ2) is 5.14. The van der Waals surface area contributed by atoms with Crippen LogP contribution in [0.3, 0.4) is 0 Å². The summed E-state index contributed by atoms with van der Waals surface area (Å²) >= 11 is 0. The van der Waals surface area contributed by atoms with Crippen molar-refractivity contribution < 1.29 is 9.36 Å². The Morgan fingerprint density at radius 1 is 1.44 bits per heavy atom. The lowest BCUT2D eigenvalue weighted by Crippen LogP contribution is -2.39. The molecule has 0 aromatic carbocycles. The van der Waals surface area contributed by atoms with E-state index in [0.717, 1.165) is 6.42 Å². The van der Waals surface area contributed by atoms with Crippen LogP contribution in [0.2, 0.25) is 0 Å². The fraction of sp³-hybridized carbons (Fsp3) is 0.667. The van der Waals surface area contributed by atoms with Crippen molar-refractivity contribution in [3.63, 3.8) is 0 Å². The van der Waals surface area contributed by atoms with E-state index in [0.29, 0.717) is 5.92 Å². The van der Waals surface area contributed by atoms with Crippen molar-refractivity contribution in [2.24, 2.45) is 13.0 Å². The van der Waals surface area contributed by atoms with Crippen molar-refractivity contribution >= 4 is 6.03 Å².